The highest BCUT2D eigenvalue weighted by Crippen LogP contribution is 2.32. The lowest BCUT2D eigenvalue weighted by molar-refractivity contribution is 0.316. The zero-order valence-electron chi connectivity index (χ0n) is 12.5. The van der Waals surface area contributed by atoms with Gasteiger partial charge in [-0.1, -0.05) is 26.0 Å². The molecule has 2 rings (SSSR count). The molecule has 0 saturated carbocycles. The summed E-state index contributed by atoms with van der Waals surface area (Å²) in [6, 6.07) is 7.30. The molecule has 0 spiro atoms. The van der Waals surface area contributed by atoms with Crippen molar-refractivity contribution in [3.63, 3.8) is 0 Å². The highest BCUT2D eigenvalue weighted by molar-refractivity contribution is 7.89. The predicted molar refractivity (Wildman–Crippen MR) is 82.4 cm³/mol. The van der Waals surface area contributed by atoms with Crippen molar-refractivity contribution in [2.45, 2.75) is 44.6 Å². The summed E-state index contributed by atoms with van der Waals surface area (Å²) >= 11 is 0. The first-order valence-electron chi connectivity index (χ1n) is 7.33. The molecule has 1 aliphatic heterocycles. The van der Waals surface area contributed by atoms with Crippen LogP contribution in [0.25, 0.3) is 0 Å². The normalized spacial score (nSPS) is 20.5. The summed E-state index contributed by atoms with van der Waals surface area (Å²) in [6.07, 6.45) is 1.91. The second-order valence-electron chi connectivity index (χ2n) is 5.60. The highest BCUT2D eigenvalue weighted by Gasteiger charge is 2.37. The van der Waals surface area contributed by atoms with Crippen LogP contribution < -0.4 is 5.32 Å². The Balaban J connectivity index is 2.40. The molecule has 112 valence electrons. The fourth-order valence-corrected chi connectivity index (χ4v) is 4.88. The minimum Gasteiger partial charge on any atom is -0.384 e. The largest absolute Gasteiger partial charge is 0.384 e. The van der Waals surface area contributed by atoms with E-state index in [0.717, 1.165) is 12.8 Å². The van der Waals surface area contributed by atoms with Crippen LogP contribution in [0.4, 0.5) is 5.69 Å². The fourth-order valence-electron chi connectivity index (χ4n) is 2.88. The maximum Gasteiger partial charge on any atom is 0.245 e. The van der Waals surface area contributed by atoms with E-state index in [2.05, 4.69) is 19.2 Å². The van der Waals surface area contributed by atoms with E-state index >= 15 is 0 Å². The van der Waals surface area contributed by atoms with Gasteiger partial charge in [-0.05, 0) is 37.8 Å². The van der Waals surface area contributed by atoms with E-state index in [1.807, 2.05) is 19.1 Å². The van der Waals surface area contributed by atoms with Crippen molar-refractivity contribution in [3.8, 4) is 0 Å². The number of nitrogens with one attached hydrogen (secondary N) is 1. The topological polar surface area (TPSA) is 49.4 Å². The zero-order valence-corrected chi connectivity index (χ0v) is 13.3. The molecule has 5 heteroatoms. The van der Waals surface area contributed by atoms with Crippen LogP contribution >= 0.6 is 0 Å². The van der Waals surface area contributed by atoms with Crippen molar-refractivity contribution in [2.75, 3.05) is 18.4 Å². The quantitative estimate of drug-likeness (QED) is 0.909. The van der Waals surface area contributed by atoms with Gasteiger partial charge in [0.2, 0.25) is 10.0 Å². The summed E-state index contributed by atoms with van der Waals surface area (Å²) in [5.74, 6) is 0.346. The molecule has 1 atom stereocenters. The molecule has 1 aromatic carbocycles. The molecule has 4 nitrogen and oxygen atoms in total. The molecule has 1 saturated heterocycles. The first-order chi connectivity index (χ1) is 9.48. The van der Waals surface area contributed by atoms with Gasteiger partial charge in [0.05, 0.1) is 5.69 Å². The van der Waals surface area contributed by atoms with Gasteiger partial charge < -0.3 is 5.32 Å². The first kappa shape index (κ1) is 15.3. The van der Waals surface area contributed by atoms with Gasteiger partial charge >= 0.3 is 0 Å². The molecule has 1 heterocycles. The molecular weight excluding hydrogens is 272 g/mol. The van der Waals surface area contributed by atoms with E-state index in [9.17, 15) is 8.42 Å². The van der Waals surface area contributed by atoms with Crippen LogP contribution in [-0.2, 0) is 10.0 Å². The van der Waals surface area contributed by atoms with Gasteiger partial charge in [-0.2, -0.15) is 4.31 Å². The number of benzene rings is 1. The molecular formula is C15H24N2O2S. The van der Waals surface area contributed by atoms with Crippen molar-refractivity contribution < 1.29 is 8.42 Å². The minimum absolute atomic E-state index is 0.120. The molecule has 0 aromatic heterocycles. The van der Waals surface area contributed by atoms with Gasteiger partial charge in [-0.25, -0.2) is 8.42 Å². The minimum atomic E-state index is -3.41. The van der Waals surface area contributed by atoms with Gasteiger partial charge in [-0.15, -0.1) is 0 Å². The molecule has 1 fully saturated rings. The average Bonchev–Trinajstić information content (AvgIpc) is 2.89. The Morgan fingerprint density at radius 3 is 2.70 bits per heavy atom. The third kappa shape index (κ3) is 2.83. The van der Waals surface area contributed by atoms with Crippen molar-refractivity contribution in [1.82, 2.24) is 4.31 Å². The molecule has 0 radical (unpaired) electrons. The summed E-state index contributed by atoms with van der Waals surface area (Å²) in [4.78, 5) is 0.398. The summed E-state index contributed by atoms with van der Waals surface area (Å²) in [7, 11) is -3.41. The third-order valence-electron chi connectivity index (χ3n) is 3.86. The Morgan fingerprint density at radius 2 is 2.05 bits per heavy atom. The van der Waals surface area contributed by atoms with E-state index in [0.29, 0.717) is 29.6 Å². The number of hydrogen-bond acceptors (Lipinski definition) is 3. The predicted octanol–water partition coefficient (Wildman–Crippen LogP) is 2.93. The smallest absolute Gasteiger partial charge is 0.245 e. The number of sulfonamides is 1. The average molecular weight is 296 g/mol. The second-order valence-corrected chi connectivity index (χ2v) is 7.45. The Labute approximate surface area is 122 Å². The van der Waals surface area contributed by atoms with Crippen LogP contribution in [0.1, 0.15) is 33.6 Å². The Bertz CT molecular complexity index is 555. The van der Waals surface area contributed by atoms with Gasteiger partial charge in [-0.3, -0.25) is 0 Å². The van der Waals surface area contributed by atoms with E-state index in [1.54, 1.807) is 16.4 Å². The van der Waals surface area contributed by atoms with E-state index < -0.39 is 10.0 Å². The molecule has 20 heavy (non-hydrogen) atoms. The zero-order chi connectivity index (χ0) is 14.8. The maximum atomic E-state index is 12.9. The molecule has 1 aliphatic rings. The summed E-state index contributed by atoms with van der Waals surface area (Å²) in [5, 5.41) is 3.14. The standard InChI is InChI=1S/C15H24N2O2S/c1-4-16-13-8-5-6-10-15(13)20(18,19)17-11-7-9-14(17)12(2)3/h5-6,8,10,12,14,16H,4,7,9,11H2,1-3H3. The van der Waals surface area contributed by atoms with Crippen LogP contribution in [0.3, 0.4) is 0 Å². The van der Waals surface area contributed by atoms with Gasteiger partial charge in [0, 0.05) is 19.1 Å². The van der Waals surface area contributed by atoms with Crippen molar-refractivity contribution in [3.05, 3.63) is 24.3 Å². The Morgan fingerprint density at radius 1 is 1.35 bits per heavy atom. The lowest BCUT2D eigenvalue weighted by atomic mass is 10.0. The molecule has 0 aliphatic carbocycles. The third-order valence-corrected chi connectivity index (χ3v) is 5.84. The maximum absolute atomic E-state index is 12.9. The van der Waals surface area contributed by atoms with Crippen LogP contribution in [0.5, 0.6) is 0 Å². The lowest BCUT2D eigenvalue weighted by Gasteiger charge is -2.27. The molecule has 1 N–H and O–H groups in total. The number of hydrogen-bond donors (Lipinski definition) is 1. The molecule has 1 unspecified atom stereocenters. The van der Waals surface area contributed by atoms with Crippen LogP contribution in [0, 0.1) is 5.92 Å². The molecule has 0 bridgehead atoms. The van der Waals surface area contributed by atoms with E-state index in [-0.39, 0.29) is 6.04 Å². The molecule has 1 aromatic rings. The van der Waals surface area contributed by atoms with E-state index in [1.165, 1.54) is 0 Å². The van der Waals surface area contributed by atoms with Crippen molar-refractivity contribution in [1.29, 1.82) is 0 Å². The van der Waals surface area contributed by atoms with Crippen LogP contribution in [-0.4, -0.2) is 31.9 Å². The number of anilines is 1. The molecule has 0 amide bonds. The number of para-hydroxylation sites is 1. The number of rotatable bonds is 5. The Hall–Kier alpha value is -1.07. The monoisotopic (exact) mass is 296 g/mol. The lowest BCUT2D eigenvalue weighted by Crippen LogP contribution is -2.38. The second kappa shape index (κ2) is 6.14. The van der Waals surface area contributed by atoms with Crippen LogP contribution in [0.2, 0.25) is 0 Å². The number of nitrogens with zero attached hydrogens (tertiary/aromatic N) is 1. The highest BCUT2D eigenvalue weighted by atomic mass is 32.2. The van der Waals surface area contributed by atoms with Gasteiger partial charge in [0.15, 0.2) is 0 Å². The van der Waals surface area contributed by atoms with Crippen molar-refractivity contribution in [2.24, 2.45) is 5.92 Å². The fraction of sp³-hybridized carbons (Fsp3) is 0.600. The first-order valence-corrected chi connectivity index (χ1v) is 8.77. The van der Waals surface area contributed by atoms with Crippen molar-refractivity contribution >= 4 is 15.7 Å². The summed E-state index contributed by atoms with van der Waals surface area (Å²) in [6.45, 7) is 7.49. The SMILES string of the molecule is CCNc1ccccc1S(=O)(=O)N1CCCC1C(C)C. The van der Waals surface area contributed by atoms with E-state index in [4.69, 9.17) is 0 Å². The Kier molecular flexibility index (Phi) is 4.70. The van der Waals surface area contributed by atoms with Gasteiger partial charge in [0.25, 0.3) is 0 Å². The summed E-state index contributed by atoms with van der Waals surface area (Å²) < 4.78 is 27.6. The van der Waals surface area contributed by atoms with Crippen LogP contribution in [0.15, 0.2) is 29.2 Å². The van der Waals surface area contributed by atoms with Gasteiger partial charge in [0.1, 0.15) is 4.90 Å². The summed E-state index contributed by atoms with van der Waals surface area (Å²) in [5.41, 5.74) is 0.699.